The quantitative estimate of drug-likeness (QED) is 0.720. The Morgan fingerprint density at radius 3 is 2.48 bits per heavy atom. The smallest absolute Gasteiger partial charge is 0.332 e. The molecule has 0 radical (unpaired) electrons. The second-order valence-corrected chi connectivity index (χ2v) is 6.80. The second-order valence-electron chi connectivity index (χ2n) is 6.80. The molecular formula is C19H19FN4O3. The maximum Gasteiger partial charge on any atom is 0.332 e. The molecule has 0 fully saturated rings. The summed E-state index contributed by atoms with van der Waals surface area (Å²) in [5.41, 5.74) is 0.682. The summed E-state index contributed by atoms with van der Waals surface area (Å²) >= 11 is 0. The average Bonchev–Trinajstić information content (AvgIpc) is 3.06. The summed E-state index contributed by atoms with van der Waals surface area (Å²) in [6, 6.07) is 10.1. The Morgan fingerprint density at radius 2 is 1.81 bits per heavy atom. The van der Waals surface area contributed by atoms with E-state index >= 15 is 0 Å². The van der Waals surface area contributed by atoms with Gasteiger partial charge < -0.3 is 10.4 Å². The summed E-state index contributed by atoms with van der Waals surface area (Å²) in [4.78, 5) is 24.8. The molecule has 2 N–H and O–H groups in total. The number of carbonyl (C=O) groups excluding carboxylic acids is 1. The van der Waals surface area contributed by atoms with E-state index in [2.05, 4.69) is 15.5 Å². The van der Waals surface area contributed by atoms with Crippen molar-refractivity contribution in [3.05, 3.63) is 53.3 Å². The van der Waals surface area contributed by atoms with Gasteiger partial charge in [0.05, 0.1) is 12.1 Å². The Morgan fingerprint density at radius 1 is 1.15 bits per heavy atom. The monoisotopic (exact) mass is 370 g/mol. The lowest BCUT2D eigenvalue weighted by molar-refractivity contribution is -0.146. The summed E-state index contributed by atoms with van der Waals surface area (Å²) in [6.45, 7) is 4.73. The molecule has 8 heteroatoms. The topological polar surface area (TPSA) is 97.1 Å². The molecular weight excluding hydrogens is 351 g/mol. The van der Waals surface area contributed by atoms with E-state index in [4.69, 9.17) is 0 Å². The van der Waals surface area contributed by atoms with E-state index in [9.17, 15) is 19.1 Å². The van der Waals surface area contributed by atoms with Crippen molar-refractivity contribution in [3.8, 4) is 0 Å². The number of carboxylic acid groups (broad SMARTS) is 1. The van der Waals surface area contributed by atoms with Crippen LogP contribution in [0.3, 0.4) is 0 Å². The van der Waals surface area contributed by atoms with Gasteiger partial charge in [0.1, 0.15) is 5.52 Å². The molecule has 3 aromatic rings. The average molecular weight is 370 g/mol. The number of amides is 1. The highest BCUT2D eigenvalue weighted by molar-refractivity contribution is 6.00. The lowest BCUT2D eigenvalue weighted by Gasteiger charge is -2.17. The van der Waals surface area contributed by atoms with Gasteiger partial charge in [0.25, 0.3) is 0 Å². The number of fused-ring (bicyclic) bond motifs is 1. The fourth-order valence-corrected chi connectivity index (χ4v) is 2.58. The summed E-state index contributed by atoms with van der Waals surface area (Å²) in [7, 11) is 0. The highest BCUT2D eigenvalue weighted by Crippen LogP contribution is 2.25. The number of benzene rings is 2. The lowest BCUT2D eigenvalue weighted by atomic mass is 10.1. The van der Waals surface area contributed by atoms with Crippen LogP contribution in [0.1, 0.15) is 25.0 Å². The molecule has 3 rings (SSSR count). The van der Waals surface area contributed by atoms with Crippen molar-refractivity contribution >= 4 is 28.6 Å². The molecule has 0 aliphatic carbocycles. The molecule has 0 atom stereocenters. The maximum atomic E-state index is 14.1. The highest BCUT2D eigenvalue weighted by atomic mass is 19.1. The van der Waals surface area contributed by atoms with Crippen LogP contribution < -0.4 is 5.32 Å². The van der Waals surface area contributed by atoms with Crippen molar-refractivity contribution in [1.29, 1.82) is 0 Å². The molecule has 27 heavy (non-hydrogen) atoms. The number of rotatable bonds is 5. The molecule has 0 spiro atoms. The number of carbonyl (C=O) groups is 2. The van der Waals surface area contributed by atoms with E-state index in [1.54, 1.807) is 0 Å². The maximum absolute atomic E-state index is 14.1. The van der Waals surface area contributed by atoms with Crippen molar-refractivity contribution in [2.75, 3.05) is 5.32 Å². The van der Waals surface area contributed by atoms with Crippen LogP contribution in [0.15, 0.2) is 36.4 Å². The largest absolute Gasteiger partial charge is 0.479 e. The number of nitrogens with one attached hydrogen (secondary N) is 1. The Balaban J connectivity index is 1.94. The van der Waals surface area contributed by atoms with E-state index in [1.807, 2.05) is 31.2 Å². The Labute approximate surface area is 154 Å². The molecule has 0 saturated heterocycles. The number of hydrogen-bond acceptors (Lipinski definition) is 4. The van der Waals surface area contributed by atoms with Crippen molar-refractivity contribution in [2.45, 2.75) is 32.7 Å². The number of halogens is 1. The summed E-state index contributed by atoms with van der Waals surface area (Å²) in [5, 5.41) is 20.1. The number of carboxylic acids is 1. The third-order valence-electron chi connectivity index (χ3n) is 4.40. The van der Waals surface area contributed by atoms with E-state index in [1.165, 1.54) is 26.0 Å². The fraction of sp³-hybridized carbons (Fsp3) is 0.263. The molecule has 0 unspecified atom stereocenters. The van der Waals surface area contributed by atoms with E-state index in [0.29, 0.717) is 0 Å². The number of hydrogen-bond donors (Lipinski definition) is 2. The molecule has 2 aromatic carbocycles. The van der Waals surface area contributed by atoms with Gasteiger partial charge in [-0.05, 0) is 44.0 Å². The van der Waals surface area contributed by atoms with Gasteiger partial charge in [0, 0.05) is 0 Å². The number of anilines is 1. The predicted molar refractivity (Wildman–Crippen MR) is 98.0 cm³/mol. The summed E-state index contributed by atoms with van der Waals surface area (Å²) in [6.07, 6.45) is 0.153. The molecule has 140 valence electrons. The SMILES string of the molecule is Cc1ccccc1CC(=O)Nc1ccc(F)c2nn(C(C)(C)C(=O)O)nc12. The molecule has 1 amide bonds. The first kappa shape index (κ1) is 18.5. The van der Waals surface area contributed by atoms with Crippen LogP contribution in [0.25, 0.3) is 11.0 Å². The first-order valence-corrected chi connectivity index (χ1v) is 8.34. The van der Waals surface area contributed by atoms with Crippen LogP contribution in [0.2, 0.25) is 0 Å². The molecule has 1 aromatic heterocycles. The third-order valence-corrected chi connectivity index (χ3v) is 4.40. The highest BCUT2D eigenvalue weighted by Gasteiger charge is 2.33. The first-order chi connectivity index (χ1) is 12.7. The summed E-state index contributed by atoms with van der Waals surface area (Å²) < 4.78 is 14.1. The van der Waals surface area contributed by atoms with Crippen molar-refractivity contribution < 1.29 is 19.1 Å². The minimum atomic E-state index is -1.46. The van der Waals surface area contributed by atoms with Crippen molar-refractivity contribution in [3.63, 3.8) is 0 Å². The lowest BCUT2D eigenvalue weighted by Crippen LogP contribution is -2.37. The van der Waals surface area contributed by atoms with Crippen LogP contribution >= 0.6 is 0 Å². The standard InChI is InChI=1S/C19H19FN4O3/c1-11-6-4-5-7-12(11)10-15(25)21-14-9-8-13(20)16-17(14)23-24(22-16)19(2,3)18(26)27/h4-9H,10H2,1-3H3,(H,21,25)(H,26,27). The first-order valence-electron chi connectivity index (χ1n) is 8.34. The van der Waals surface area contributed by atoms with Gasteiger partial charge in [-0.25, -0.2) is 9.18 Å². The molecule has 0 aliphatic heterocycles. The van der Waals surface area contributed by atoms with Crippen molar-refractivity contribution in [2.24, 2.45) is 0 Å². The zero-order valence-electron chi connectivity index (χ0n) is 15.2. The van der Waals surface area contributed by atoms with Crippen LogP contribution in [0.5, 0.6) is 0 Å². The number of nitrogens with zero attached hydrogens (tertiary/aromatic N) is 3. The Kier molecular flexibility index (Phi) is 4.65. The zero-order chi connectivity index (χ0) is 19.8. The normalized spacial score (nSPS) is 11.6. The van der Waals surface area contributed by atoms with E-state index < -0.39 is 17.3 Å². The van der Waals surface area contributed by atoms with Gasteiger partial charge in [0.15, 0.2) is 16.9 Å². The predicted octanol–water partition coefficient (Wildman–Crippen LogP) is 2.88. The van der Waals surface area contributed by atoms with Gasteiger partial charge >= 0.3 is 5.97 Å². The number of aryl methyl sites for hydroxylation is 1. The molecule has 1 heterocycles. The van der Waals surface area contributed by atoms with E-state index in [-0.39, 0.29) is 29.0 Å². The number of aliphatic carboxylic acids is 1. The second kappa shape index (κ2) is 6.79. The Bertz CT molecular complexity index is 1040. The van der Waals surface area contributed by atoms with Gasteiger partial charge in [0.2, 0.25) is 5.91 Å². The van der Waals surface area contributed by atoms with E-state index in [0.717, 1.165) is 15.9 Å². The molecule has 0 aliphatic rings. The van der Waals surface area contributed by atoms with Gasteiger partial charge in [-0.15, -0.1) is 10.2 Å². The molecule has 7 nitrogen and oxygen atoms in total. The van der Waals surface area contributed by atoms with Crippen LogP contribution in [0, 0.1) is 12.7 Å². The third kappa shape index (κ3) is 3.51. The fourth-order valence-electron chi connectivity index (χ4n) is 2.58. The minimum absolute atomic E-state index is 0.0991. The van der Waals surface area contributed by atoms with Gasteiger partial charge in [-0.1, -0.05) is 24.3 Å². The van der Waals surface area contributed by atoms with Crippen LogP contribution in [-0.4, -0.2) is 32.0 Å². The molecule has 0 bridgehead atoms. The van der Waals surface area contributed by atoms with Gasteiger partial charge in [-0.2, -0.15) is 4.80 Å². The van der Waals surface area contributed by atoms with Crippen LogP contribution in [-0.2, 0) is 21.5 Å². The van der Waals surface area contributed by atoms with Gasteiger partial charge in [-0.3, -0.25) is 4.79 Å². The molecule has 0 saturated carbocycles. The Hall–Kier alpha value is -3.29. The van der Waals surface area contributed by atoms with Crippen LogP contribution in [0.4, 0.5) is 10.1 Å². The number of aromatic nitrogens is 3. The van der Waals surface area contributed by atoms with Crippen molar-refractivity contribution in [1.82, 2.24) is 15.0 Å². The summed E-state index contributed by atoms with van der Waals surface area (Å²) in [5.74, 6) is -2.09. The zero-order valence-corrected chi connectivity index (χ0v) is 15.2. The minimum Gasteiger partial charge on any atom is -0.479 e.